The van der Waals surface area contributed by atoms with E-state index in [1.807, 2.05) is 12.1 Å². The summed E-state index contributed by atoms with van der Waals surface area (Å²) < 4.78 is 2.43. The highest BCUT2D eigenvalue weighted by molar-refractivity contribution is 6.11. The molecule has 3 aromatic carbocycles. The molecule has 0 fully saturated rings. The predicted octanol–water partition coefficient (Wildman–Crippen LogP) is 8.43. The maximum Gasteiger partial charge on any atom is 0.0541 e. The zero-order valence-corrected chi connectivity index (χ0v) is 18.9. The first-order valence-electron chi connectivity index (χ1n) is 12.0. The van der Waals surface area contributed by atoms with Gasteiger partial charge < -0.3 is 10.3 Å². The molecule has 1 aliphatic rings. The first kappa shape index (κ1) is 20.6. The van der Waals surface area contributed by atoms with Crippen molar-refractivity contribution in [1.82, 2.24) is 4.57 Å². The van der Waals surface area contributed by atoms with E-state index in [2.05, 4.69) is 84.3 Å². The Balaban J connectivity index is 1.50. The van der Waals surface area contributed by atoms with Crippen LogP contribution in [0.3, 0.4) is 0 Å². The number of benzene rings is 3. The fourth-order valence-corrected chi connectivity index (χ4v) is 4.97. The first-order chi connectivity index (χ1) is 15.7. The summed E-state index contributed by atoms with van der Waals surface area (Å²) in [5.41, 5.74) is 12.9. The van der Waals surface area contributed by atoms with E-state index in [1.54, 1.807) is 0 Å². The van der Waals surface area contributed by atoms with Gasteiger partial charge in [-0.3, -0.25) is 0 Å². The fraction of sp³-hybridized carbons (Fsp3) is 0.267. The van der Waals surface area contributed by atoms with Crippen LogP contribution in [-0.2, 0) is 0 Å². The Bertz CT molecular complexity index is 1290. The highest BCUT2D eigenvalue weighted by Crippen LogP contribution is 2.36. The summed E-state index contributed by atoms with van der Waals surface area (Å²) in [6.45, 7) is 2.28. The molecule has 2 N–H and O–H groups in total. The van der Waals surface area contributed by atoms with Crippen molar-refractivity contribution in [3.63, 3.8) is 0 Å². The van der Waals surface area contributed by atoms with Gasteiger partial charge in [-0.05, 0) is 66.3 Å². The van der Waals surface area contributed by atoms with E-state index in [-0.39, 0.29) is 0 Å². The second kappa shape index (κ2) is 9.08. The van der Waals surface area contributed by atoms with Gasteiger partial charge >= 0.3 is 0 Å². The normalized spacial score (nSPS) is 16.0. The molecular formula is C30H32N2. The van der Waals surface area contributed by atoms with Gasteiger partial charge in [0.25, 0.3) is 0 Å². The third kappa shape index (κ3) is 3.98. The Morgan fingerprint density at radius 3 is 2.41 bits per heavy atom. The number of nitrogens with zero attached hydrogens (tertiary/aromatic N) is 1. The fourth-order valence-electron chi connectivity index (χ4n) is 4.97. The van der Waals surface area contributed by atoms with E-state index < -0.39 is 0 Å². The number of nitrogens with two attached hydrogens (primary N) is 1. The quantitative estimate of drug-likeness (QED) is 0.236. The van der Waals surface area contributed by atoms with Crippen molar-refractivity contribution >= 4 is 33.2 Å². The Kier molecular flexibility index (Phi) is 5.85. The maximum absolute atomic E-state index is 5.89. The van der Waals surface area contributed by atoms with Crippen molar-refractivity contribution in [3.8, 4) is 11.1 Å². The number of hydrogen-bond donors (Lipinski definition) is 1. The second-order valence-electron chi connectivity index (χ2n) is 9.04. The number of fused-ring (bicyclic) bond motifs is 3. The van der Waals surface area contributed by atoms with Gasteiger partial charge in [0.15, 0.2) is 0 Å². The lowest BCUT2D eigenvalue weighted by Gasteiger charge is -2.18. The van der Waals surface area contributed by atoms with Crippen molar-refractivity contribution in [2.75, 3.05) is 5.73 Å². The van der Waals surface area contributed by atoms with Crippen molar-refractivity contribution in [3.05, 3.63) is 85.0 Å². The Morgan fingerprint density at radius 1 is 0.844 bits per heavy atom. The van der Waals surface area contributed by atoms with Gasteiger partial charge in [0, 0.05) is 22.2 Å². The van der Waals surface area contributed by atoms with E-state index in [9.17, 15) is 0 Å². The van der Waals surface area contributed by atoms with E-state index in [4.69, 9.17) is 5.73 Å². The van der Waals surface area contributed by atoms with Gasteiger partial charge in [-0.2, -0.15) is 0 Å². The molecule has 0 amide bonds. The average molecular weight is 421 g/mol. The minimum absolute atomic E-state index is 0.681. The molecule has 0 saturated heterocycles. The Morgan fingerprint density at radius 2 is 1.62 bits per heavy atom. The van der Waals surface area contributed by atoms with Crippen molar-refractivity contribution in [2.45, 2.75) is 45.4 Å². The summed E-state index contributed by atoms with van der Waals surface area (Å²) in [4.78, 5) is 0. The number of allylic oxidation sites excluding steroid dienone is 4. The standard InChI is InChI=1S/C30H32N2/c1-2-3-4-5-8-22-11-18-26(19-12-22)32-29-10-7-6-9-27(29)28-21-24(15-20-30(28)32)23-13-16-25(31)17-14-23/h6-7,9-11,13-22H,2-5,8,12,31H2,1H3. The summed E-state index contributed by atoms with van der Waals surface area (Å²) in [5, 5.41) is 2.60. The van der Waals surface area contributed by atoms with E-state index in [0.717, 1.165) is 12.1 Å². The summed E-state index contributed by atoms with van der Waals surface area (Å²) in [5.74, 6) is 0.681. The lowest BCUT2D eigenvalue weighted by Crippen LogP contribution is -2.03. The Labute approximate surface area is 191 Å². The molecule has 32 heavy (non-hydrogen) atoms. The average Bonchev–Trinajstić information content (AvgIpc) is 3.16. The van der Waals surface area contributed by atoms with Gasteiger partial charge in [-0.15, -0.1) is 0 Å². The monoisotopic (exact) mass is 420 g/mol. The van der Waals surface area contributed by atoms with Crippen molar-refractivity contribution in [1.29, 1.82) is 0 Å². The highest BCUT2D eigenvalue weighted by Gasteiger charge is 2.16. The molecule has 0 saturated carbocycles. The van der Waals surface area contributed by atoms with Crippen molar-refractivity contribution < 1.29 is 0 Å². The van der Waals surface area contributed by atoms with Crippen LogP contribution in [-0.4, -0.2) is 4.57 Å². The SMILES string of the molecule is CCCCCCC1C=CC(n2c3ccccc3c3cc(-c4ccc(N)cc4)ccc32)=CC1. The van der Waals surface area contributed by atoms with E-state index in [1.165, 1.54) is 70.7 Å². The van der Waals surface area contributed by atoms with E-state index >= 15 is 0 Å². The third-order valence-corrected chi connectivity index (χ3v) is 6.77. The number of unbranched alkanes of at least 4 members (excludes halogenated alkanes) is 3. The molecule has 1 aromatic heterocycles. The molecule has 5 rings (SSSR count). The minimum atomic E-state index is 0.681. The van der Waals surface area contributed by atoms with Crippen LogP contribution < -0.4 is 5.73 Å². The molecule has 0 aliphatic heterocycles. The molecule has 1 atom stereocenters. The Hall–Kier alpha value is -3.26. The van der Waals surface area contributed by atoms with Gasteiger partial charge in [-0.25, -0.2) is 0 Å². The van der Waals surface area contributed by atoms with Gasteiger partial charge in [0.05, 0.1) is 11.0 Å². The largest absolute Gasteiger partial charge is 0.399 e. The zero-order valence-electron chi connectivity index (χ0n) is 18.9. The van der Waals surface area contributed by atoms with Crippen LogP contribution in [0.4, 0.5) is 5.69 Å². The third-order valence-electron chi connectivity index (χ3n) is 6.77. The number of nitrogen functional groups attached to an aromatic ring is 1. The van der Waals surface area contributed by atoms with Gasteiger partial charge in [-0.1, -0.05) is 81.2 Å². The summed E-state index contributed by atoms with van der Waals surface area (Å²) in [6, 6.07) is 23.7. The van der Waals surface area contributed by atoms with Crippen LogP contribution in [0.25, 0.3) is 38.6 Å². The minimum Gasteiger partial charge on any atom is -0.399 e. The molecule has 1 aliphatic carbocycles. The molecule has 0 bridgehead atoms. The van der Waals surface area contributed by atoms with Crippen LogP contribution in [0, 0.1) is 5.92 Å². The molecule has 1 unspecified atom stereocenters. The molecule has 1 heterocycles. The topological polar surface area (TPSA) is 30.9 Å². The molecule has 0 spiro atoms. The van der Waals surface area contributed by atoms with Crippen LogP contribution in [0.1, 0.15) is 45.4 Å². The summed E-state index contributed by atoms with van der Waals surface area (Å²) >= 11 is 0. The number of para-hydroxylation sites is 1. The van der Waals surface area contributed by atoms with Gasteiger partial charge in [0.1, 0.15) is 0 Å². The van der Waals surface area contributed by atoms with Crippen molar-refractivity contribution in [2.24, 2.45) is 5.92 Å². The molecule has 2 heteroatoms. The van der Waals surface area contributed by atoms with E-state index in [0.29, 0.717) is 5.92 Å². The lowest BCUT2D eigenvalue weighted by molar-refractivity contribution is 0.532. The smallest absolute Gasteiger partial charge is 0.0541 e. The van der Waals surface area contributed by atoms with Gasteiger partial charge in [0.2, 0.25) is 0 Å². The van der Waals surface area contributed by atoms with Crippen LogP contribution in [0.15, 0.2) is 85.0 Å². The lowest BCUT2D eigenvalue weighted by atomic mass is 9.93. The number of rotatable bonds is 7. The number of hydrogen-bond acceptors (Lipinski definition) is 1. The summed E-state index contributed by atoms with van der Waals surface area (Å²) in [6.07, 6.45) is 15.0. The molecular weight excluding hydrogens is 388 g/mol. The first-order valence-corrected chi connectivity index (χ1v) is 12.0. The van der Waals surface area contributed by atoms with Crippen LogP contribution in [0.2, 0.25) is 0 Å². The number of anilines is 1. The molecule has 0 radical (unpaired) electrons. The molecule has 4 aromatic rings. The maximum atomic E-state index is 5.89. The zero-order chi connectivity index (χ0) is 21.9. The summed E-state index contributed by atoms with van der Waals surface area (Å²) in [7, 11) is 0. The second-order valence-corrected chi connectivity index (χ2v) is 9.04. The molecule has 162 valence electrons. The predicted molar refractivity (Wildman–Crippen MR) is 140 cm³/mol. The highest BCUT2D eigenvalue weighted by atomic mass is 15.0. The van der Waals surface area contributed by atoms with Crippen LogP contribution in [0.5, 0.6) is 0 Å². The van der Waals surface area contributed by atoms with Crippen LogP contribution >= 0.6 is 0 Å². The number of aromatic nitrogens is 1. The molecule has 2 nitrogen and oxygen atoms in total.